The van der Waals surface area contributed by atoms with Crippen molar-refractivity contribution in [3.8, 4) is 0 Å². The quantitative estimate of drug-likeness (QED) is 0.661. The molecule has 0 aromatic heterocycles. The van der Waals surface area contributed by atoms with E-state index in [0.29, 0.717) is 18.9 Å². The van der Waals surface area contributed by atoms with Gasteiger partial charge in [-0.2, -0.15) is 0 Å². The fourth-order valence-corrected chi connectivity index (χ4v) is 6.01. The summed E-state index contributed by atoms with van der Waals surface area (Å²) in [6.45, 7) is 6.03. The Bertz CT molecular complexity index is 773. The lowest BCUT2D eigenvalue weighted by Gasteiger charge is -2.43. The number of benzene rings is 1. The highest BCUT2D eigenvalue weighted by Gasteiger charge is 2.49. The van der Waals surface area contributed by atoms with Crippen molar-refractivity contribution in [2.24, 2.45) is 5.41 Å². The Kier molecular flexibility index (Phi) is 7.00. The van der Waals surface area contributed by atoms with Crippen LogP contribution in [0.3, 0.4) is 0 Å². The van der Waals surface area contributed by atoms with Gasteiger partial charge in [0.05, 0.1) is 11.4 Å². The Morgan fingerprint density at radius 2 is 1.48 bits per heavy atom. The number of nitrogens with one attached hydrogen (secondary N) is 1. The third-order valence-corrected chi connectivity index (χ3v) is 8.14. The van der Waals surface area contributed by atoms with E-state index < -0.39 is 5.41 Å². The monoisotopic (exact) mass is 425 g/mol. The molecule has 0 unspecified atom stereocenters. The SMILES string of the molecule is CCC1(CC)C(=O)Nc2ccccc2N(C2CCN(C3CCCCCCC3)CC2)C1=O. The van der Waals surface area contributed by atoms with E-state index >= 15 is 0 Å². The molecule has 1 saturated carbocycles. The first-order valence-corrected chi connectivity index (χ1v) is 12.6. The molecule has 2 fully saturated rings. The Labute approximate surface area is 187 Å². The summed E-state index contributed by atoms with van der Waals surface area (Å²) in [5, 5.41) is 3.08. The number of likely N-dealkylation sites (tertiary alicyclic amines) is 1. The van der Waals surface area contributed by atoms with Crippen LogP contribution < -0.4 is 10.2 Å². The van der Waals surface area contributed by atoms with Crippen LogP contribution in [0.1, 0.15) is 84.5 Å². The molecule has 2 amide bonds. The smallest absolute Gasteiger partial charge is 0.242 e. The fourth-order valence-electron chi connectivity index (χ4n) is 6.01. The van der Waals surface area contributed by atoms with E-state index in [1.165, 1.54) is 44.9 Å². The zero-order valence-corrected chi connectivity index (χ0v) is 19.4. The predicted molar refractivity (Wildman–Crippen MR) is 126 cm³/mol. The minimum atomic E-state index is -0.976. The maximum atomic E-state index is 13.9. The number of hydrogen-bond acceptors (Lipinski definition) is 3. The maximum absolute atomic E-state index is 13.9. The number of carbonyl (C=O) groups excluding carboxylic acids is 2. The average molecular weight is 426 g/mol. The highest BCUT2D eigenvalue weighted by Crippen LogP contribution is 2.41. The topological polar surface area (TPSA) is 52.7 Å². The second kappa shape index (κ2) is 9.72. The van der Waals surface area contributed by atoms with E-state index in [-0.39, 0.29) is 17.9 Å². The number of piperidine rings is 1. The summed E-state index contributed by atoms with van der Waals surface area (Å²) in [6.07, 6.45) is 12.5. The summed E-state index contributed by atoms with van der Waals surface area (Å²) < 4.78 is 0. The highest BCUT2D eigenvalue weighted by atomic mass is 16.2. The number of carbonyl (C=O) groups is 2. The molecule has 3 aliphatic rings. The molecule has 0 atom stereocenters. The van der Waals surface area contributed by atoms with Crippen molar-refractivity contribution < 1.29 is 9.59 Å². The molecule has 2 aliphatic heterocycles. The molecule has 1 aromatic carbocycles. The van der Waals surface area contributed by atoms with Gasteiger partial charge in [-0.3, -0.25) is 9.59 Å². The molecule has 5 heteroatoms. The van der Waals surface area contributed by atoms with E-state index in [9.17, 15) is 9.59 Å². The minimum Gasteiger partial charge on any atom is -0.323 e. The summed E-state index contributed by atoms with van der Waals surface area (Å²) in [5.74, 6) is -0.159. The Morgan fingerprint density at radius 1 is 0.871 bits per heavy atom. The summed E-state index contributed by atoms with van der Waals surface area (Å²) in [7, 11) is 0. The molecular formula is C26H39N3O2. The highest BCUT2D eigenvalue weighted by molar-refractivity contribution is 6.19. The van der Waals surface area contributed by atoms with Crippen molar-refractivity contribution in [2.45, 2.75) is 96.6 Å². The molecule has 170 valence electrons. The van der Waals surface area contributed by atoms with Crippen LogP contribution in [-0.4, -0.2) is 41.9 Å². The zero-order valence-electron chi connectivity index (χ0n) is 19.4. The van der Waals surface area contributed by atoms with Crippen molar-refractivity contribution in [3.63, 3.8) is 0 Å². The van der Waals surface area contributed by atoms with Crippen molar-refractivity contribution in [3.05, 3.63) is 24.3 Å². The van der Waals surface area contributed by atoms with Gasteiger partial charge in [-0.15, -0.1) is 0 Å². The third kappa shape index (κ3) is 4.26. The van der Waals surface area contributed by atoms with Crippen molar-refractivity contribution in [1.82, 2.24) is 4.90 Å². The van der Waals surface area contributed by atoms with Gasteiger partial charge in [-0.25, -0.2) is 0 Å². The molecule has 1 aliphatic carbocycles. The van der Waals surface area contributed by atoms with Gasteiger partial charge < -0.3 is 15.1 Å². The van der Waals surface area contributed by atoms with E-state index in [2.05, 4.69) is 10.2 Å². The molecule has 4 rings (SSSR count). The van der Waals surface area contributed by atoms with Crippen LogP contribution in [0.25, 0.3) is 0 Å². The van der Waals surface area contributed by atoms with Crippen molar-refractivity contribution in [1.29, 1.82) is 0 Å². The first-order valence-electron chi connectivity index (χ1n) is 12.6. The first kappa shape index (κ1) is 22.3. The van der Waals surface area contributed by atoms with Gasteiger partial charge in [0.15, 0.2) is 0 Å². The first-order chi connectivity index (χ1) is 15.1. The van der Waals surface area contributed by atoms with Crippen LogP contribution in [0.4, 0.5) is 11.4 Å². The van der Waals surface area contributed by atoms with Crippen LogP contribution in [0.15, 0.2) is 24.3 Å². The fraction of sp³-hybridized carbons (Fsp3) is 0.692. The average Bonchev–Trinajstić information content (AvgIpc) is 2.85. The Balaban J connectivity index is 1.56. The maximum Gasteiger partial charge on any atom is 0.242 e. The van der Waals surface area contributed by atoms with Gasteiger partial charge in [-0.1, -0.05) is 58.1 Å². The molecule has 0 bridgehead atoms. The third-order valence-electron chi connectivity index (χ3n) is 8.14. The normalized spacial score (nSPS) is 24.1. The predicted octanol–water partition coefficient (Wildman–Crippen LogP) is 5.36. The lowest BCUT2D eigenvalue weighted by Crippen LogP contribution is -2.55. The van der Waals surface area contributed by atoms with Gasteiger partial charge >= 0.3 is 0 Å². The van der Waals surface area contributed by atoms with Gasteiger partial charge in [0.2, 0.25) is 11.8 Å². The van der Waals surface area contributed by atoms with Gasteiger partial charge in [0.25, 0.3) is 0 Å². The van der Waals surface area contributed by atoms with Crippen molar-refractivity contribution >= 4 is 23.2 Å². The number of hydrogen-bond donors (Lipinski definition) is 1. The standard InChI is InChI=1S/C26H39N3O2/c1-3-26(4-2)24(30)27-22-14-10-11-15-23(22)29(25(26)31)21-16-18-28(19-17-21)20-12-8-6-5-7-9-13-20/h10-11,14-15,20-21H,3-9,12-13,16-19H2,1-2H3,(H,27,30). The second-order valence-corrected chi connectivity index (χ2v) is 9.70. The molecule has 0 spiro atoms. The summed E-state index contributed by atoms with van der Waals surface area (Å²) >= 11 is 0. The van der Waals surface area contributed by atoms with Crippen molar-refractivity contribution in [2.75, 3.05) is 23.3 Å². The summed E-state index contributed by atoms with van der Waals surface area (Å²) in [5.41, 5.74) is 0.663. The van der Waals surface area contributed by atoms with Crippen LogP contribution in [0, 0.1) is 5.41 Å². The lowest BCUT2D eigenvalue weighted by molar-refractivity contribution is -0.139. The van der Waals surface area contributed by atoms with Gasteiger partial charge in [0, 0.05) is 25.2 Å². The summed E-state index contributed by atoms with van der Waals surface area (Å²) in [4.78, 5) is 31.8. The Morgan fingerprint density at radius 3 is 2.13 bits per heavy atom. The molecular weight excluding hydrogens is 386 g/mol. The number of para-hydroxylation sites is 2. The molecule has 0 radical (unpaired) electrons. The summed E-state index contributed by atoms with van der Waals surface area (Å²) in [6, 6.07) is 8.70. The van der Waals surface area contributed by atoms with Crippen LogP contribution in [0.5, 0.6) is 0 Å². The van der Waals surface area contributed by atoms with E-state index in [0.717, 1.165) is 37.3 Å². The number of anilines is 2. The number of amides is 2. The van der Waals surface area contributed by atoms with Crippen LogP contribution in [-0.2, 0) is 9.59 Å². The molecule has 1 N–H and O–H groups in total. The number of fused-ring (bicyclic) bond motifs is 1. The van der Waals surface area contributed by atoms with Gasteiger partial charge in [-0.05, 0) is 50.7 Å². The van der Waals surface area contributed by atoms with E-state index in [1.54, 1.807) is 0 Å². The van der Waals surface area contributed by atoms with Crippen LogP contribution in [0.2, 0.25) is 0 Å². The van der Waals surface area contributed by atoms with E-state index in [4.69, 9.17) is 0 Å². The van der Waals surface area contributed by atoms with Crippen LogP contribution >= 0.6 is 0 Å². The zero-order chi connectivity index (χ0) is 21.8. The largest absolute Gasteiger partial charge is 0.323 e. The van der Waals surface area contributed by atoms with E-state index in [1.807, 2.05) is 43.0 Å². The molecule has 31 heavy (non-hydrogen) atoms. The molecule has 5 nitrogen and oxygen atoms in total. The second-order valence-electron chi connectivity index (χ2n) is 9.70. The Hall–Kier alpha value is -1.88. The number of rotatable bonds is 4. The van der Waals surface area contributed by atoms with Gasteiger partial charge in [0.1, 0.15) is 5.41 Å². The lowest BCUT2D eigenvalue weighted by atomic mass is 9.79. The number of nitrogens with zero attached hydrogens (tertiary/aromatic N) is 2. The molecule has 1 aromatic rings. The molecule has 2 heterocycles. The molecule has 1 saturated heterocycles. The minimum absolute atomic E-state index is 0.00986.